The Bertz CT molecular complexity index is 935. The van der Waals surface area contributed by atoms with Gasteiger partial charge in [-0.3, -0.25) is 14.5 Å². The average molecular weight is 435 g/mol. The highest BCUT2D eigenvalue weighted by atomic mass is 16.2. The number of carbonyl (C=O) groups is 2. The summed E-state index contributed by atoms with van der Waals surface area (Å²) >= 11 is 0. The molecule has 1 unspecified atom stereocenters. The first kappa shape index (κ1) is 22.3. The highest BCUT2D eigenvalue weighted by Gasteiger charge is 2.27. The largest absolute Gasteiger partial charge is 0.378 e. The Morgan fingerprint density at radius 3 is 2.38 bits per heavy atom. The molecule has 0 saturated heterocycles. The number of nitrogens with zero attached hydrogens (tertiary/aromatic N) is 2. The van der Waals surface area contributed by atoms with Crippen LogP contribution in [0.15, 0.2) is 48.5 Å². The van der Waals surface area contributed by atoms with Gasteiger partial charge in [0.2, 0.25) is 0 Å². The van der Waals surface area contributed by atoms with Crippen LogP contribution in [0.25, 0.3) is 0 Å². The SMILES string of the molecule is CN(C)c1ccc(C(CNC(=O)C(=O)NC2CCCC2)N2CCc3ccccc3C2)cc1. The van der Waals surface area contributed by atoms with Gasteiger partial charge < -0.3 is 15.5 Å². The lowest BCUT2D eigenvalue weighted by Gasteiger charge is -2.36. The van der Waals surface area contributed by atoms with Gasteiger partial charge in [0.05, 0.1) is 6.04 Å². The lowest BCUT2D eigenvalue weighted by atomic mass is 9.96. The molecule has 2 aliphatic rings. The third kappa shape index (κ3) is 5.30. The molecule has 2 N–H and O–H groups in total. The van der Waals surface area contributed by atoms with Crippen molar-refractivity contribution < 1.29 is 9.59 Å². The highest BCUT2D eigenvalue weighted by Crippen LogP contribution is 2.28. The molecule has 6 nitrogen and oxygen atoms in total. The fourth-order valence-electron chi connectivity index (χ4n) is 4.83. The summed E-state index contributed by atoms with van der Waals surface area (Å²) in [5.41, 5.74) is 5.01. The number of anilines is 1. The minimum absolute atomic E-state index is 0.00259. The normalized spacial score (nSPS) is 17.4. The first-order valence-electron chi connectivity index (χ1n) is 11.7. The Morgan fingerprint density at radius 1 is 1.00 bits per heavy atom. The summed E-state index contributed by atoms with van der Waals surface area (Å²) in [4.78, 5) is 29.4. The minimum Gasteiger partial charge on any atom is -0.378 e. The highest BCUT2D eigenvalue weighted by molar-refractivity contribution is 6.35. The molecule has 170 valence electrons. The Kier molecular flexibility index (Phi) is 7.10. The molecule has 1 heterocycles. The first-order chi connectivity index (χ1) is 15.5. The summed E-state index contributed by atoms with van der Waals surface area (Å²) in [5, 5.41) is 5.80. The lowest BCUT2D eigenvalue weighted by Crippen LogP contribution is -2.47. The summed E-state index contributed by atoms with van der Waals surface area (Å²) in [6, 6.07) is 17.2. The number of amides is 2. The predicted molar refractivity (Wildman–Crippen MR) is 127 cm³/mol. The van der Waals surface area contributed by atoms with Crippen molar-refractivity contribution in [2.45, 2.75) is 50.7 Å². The van der Waals surface area contributed by atoms with Crippen LogP contribution in [0.1, 0.15) is 48.4 Å². The number of rotatable bonds is 6. The van der Waals surface area contributed by atoms with E-state index in [1.54, 1.807) is 0 Å². The lowest BCUT2D eigenvalue weighted by molar-refractivity contribution is -0.139. The number of hydrogen-bond donors (Lipinski definition) is 2. The van der Waals surface area contributed by atoms with E-state index in [1.807, 2.05) is 14.1 Å². The van der Waals surface area contributed by atoms with E-state index in [-0.39, 0.29) is 12.1 Å². The summed E-state index contributed by atoms with van der Waals surface area (Å²) < 4.78 is 0. The van der Waals surface area contributed by atoms with Crippen LogP contribution in [-0.4, -0.2) is 49.9 Å². The molecule has 1 aliphatic heterocycles. The molecular weight excluding hydrogens is 400 g/mol. The second-order valence-corrected chi connectivity index (χ2v) is 9.16. The molecule has 0 spiro atoms. The fourth-order valence-corrected chi connectivity index (χ4v) is 4.83. The number of hydrogen-bond acceptors (Lipinski definition) is 4. The van der Waals surface area contributed by atoms with E-state index in [4.69, 9.17) is 0 Å². The Balaban J connectivity index is 1.47. The van der Waals surface area contributed by atoms with Crippen LogP contribution in [0.5, 0.6) is 0 Å². The van der Waals surface area contributed by atoms with Gasteiger partial charge in [-0.2, -0.15) is 0 Å². The van der Waals surface area contributed by atoms with Crippen molar-refractivity contribution in [2.24, 2.45) is 0 Å². The maximum Gasteiger partial charge on any atom is 0.309 e. The van der Waals surface area contributed by atoms with E-state index < -0.39 is 11.8 Å². The molecule has 1 saturated carbocycles. The number of benzene rings is 2. The zero-order chi connectivity index (χ0) is 22.5. The number of carbonyl (C=O) groups excluding carboxylic acids is 2. The molecule has 1 aliphatic carbocycles. The summed E-state index contributed by atoms with van der Waals surface area (Å²) in [6.07, 6.45) is 5.15. The molecule has 1 fully saturated rings. The second-order valence-electron chi connectivity index (χ2n) is 9.16. The smallest absolute Gasteiger partial charge is 0.309 e. The molecule has 0 bridgehead atoms. The zero-order valence-corrected chi connectivity index (χ0v) is 19.1. The van der Waals surface area contributed by atoms with Crippen molar-refractivity contribution in [2.75, 3.05) is 32.1 Å². The standard InChI is InChI=1S/C26H34N4O2/c1-29(2)23-13-11-20(12-14-23)24(30-16-15-19-7-3-4-8-21(19)18-30)17-27-25(31)26(32)28-22-9-5-6-10-22/h3-4,7-8,11-14,22,24H,5-6,9-10,15-18H2,1-2H3,(H,27,31)(H,28,32). The minimum atomic E-state index is -0.538. The molecule has 4 rings (SSSR count). The summed E-state index contributed by atoms with van der Waals surface area (Å²) in [7, 11) is 4.05. The van der Waals surface area contributed by atoms with Crippen molar-refractivity contribution in [3.63, 3.8) is 0 Å². The van der Waals surface area contributed by atoms with Crippen LogP contribution >= 0.6 is 0 Å². The van der Waals surface area contributed by atoms with Crippen LogP contribution < -0.4 is 15.5 Å². The maximum absolute atomic E-state index is 12.5. The van der Waals surface area contributed by atoms with Gasteiger partial charge in [0.25, 0.3) is 0 Å². The van der Waals surface area contributed by atoms with E-state index >= 15 is 0 Å². The van der Waals surface area contributed by atoms with Crippen LogP contribution in [0.2, 0.25) is 0 Å². The van der Waals surface area contributed by atoms with Crippen LogP contribution in [0.3, 0.4) is 0 Å². The Morgan fingerprint density at radius 2 is 1.69 bits per heavy atom. The molecule has 0 aromatic heterocycles. The van der Waals surface area contributed by atoms with E-state index in [2.05, 4.69) is 69.0 Å². The van der Waals surface area contributed by atoms with Crippen molar-refractivity contribution >= 4 is 17.5 Å². The molecular formula is C26H34N4O2. The van der Waals surface area contributed by atoms with E-state index in [1.165, 1.54) is 11.1 Å². The molecule has 2 amide bonds. The van der Waals surface area contributed by atoms with Gasteiger partial charge in [0.1, 0.15) is 0 Å². The number of nitrogens with one attached hydrogen (secondary N) is 2. The first-order valence-corrected chi connectivity index (χ1v) is 11.7. The molecule has 2 aromatic rings. The molecule has 2 aromatic carbocycles. The molecule has 32 heavy (non-hydrogen) atoms. The average Bonchev–Trinajstić information content (AvgIpc) is 3.32. The topological polar surface area (TPSA) is 64.7 Å². The maximum atomic E-state index is 12.5. The predicted octanol–water partition coefficient (Wildman–Crippen LogP) is 3.03. The van der Waals surface area contributed by atoms with Gasteiger partial charge in [0.15, 0.2) is 0 Å². The fraction of sp³-hybridized carbons (Fsp3) is 0.462. The monoisotopic (exact) mass is 434 g/mol. The van der Waals surface area contributed by atoms with Gasteiger partial charge in [-0.25, -0.2) is 0 Å². The van der Waals surface area contributed by atoms with Crippen LogP contribution in [0, 0.1) is 0 Å². The van der Waals surface area contributed by atoms with E-state index in [9.17, 15) is 9.59 Å². The summed E-state index contributed by atoms with van der Waals surface area (Å²) in [5.74, 6) is -1.05. The molecule has 0 radical (unpaired) electrons. The van der Waals surface area contributed by atoms with Gasteiger partial charge in [-0.15, -0.1) is 0 Å². The zero-order valence-electron chi connectivity index (χ0n) is 19.1. The van der Waals surface area contributed by atoms with Gasteiger partial charge in [0, 0.05) is 45.5 Å². The van der Waals surface area contributed by atoms with Crippen LogP contribution in [0.4, 0.5) is 5.69 Å². The van der Waals surface area contributed by atoms with E-state index in [0.717, 1.165) is 56.4 Å². The third-order valence-corrected chi connectivity index (χ3v) is 6.75. The van der Waals surface area contributed by atoms with Crippen molar-refractivity contribution in [3.8, 4) is 0 Å². The van der Waals surface area contributed by atoms with Crippen molar-refractivity contribution in [3.05, 3.63) is 65.2 Å². The molecule has 1 atom stereocenters. The van der Waals surface area contributed by atoms with Gasteiger partial charge >= 0.3 is 11.8 Å². The third-order valence-electron chi connectivity index (χ3n) is 6.75. The van der Waals surface area contributed by atoms with Gasteiger partial charge in [-0.1, -0.05) is 49.2 Å². The van der Waals surface area contributed by atoms with Crippen LogP contribution in [-0.2, 0) is 22.6 Å². The quantitative estimate of drug-likeness (QED) is 0.686. The second kappa shape index (κ2) is 10.2. The van der Waals surface area contributed by atoms with Crippen molar-refractivity contribution in [1.82, 2.24) is 15.5 Å². The summed E-state index contributed by atoms with van der Waals surface area (Å²) in [6.45, 7) is 2.15. The Hall–Kier alpha value is -2.86. The molecule has 6 heteroatoms. The van der Waals surface area contributed by atoms with Gasteiger partial charge in [-0.05, 0) is 48.1 Å². The van der Waals surface area contributed by atoms with E-state index in [0.29, 0.717) is 6.54 Å². The van der Waals surface area contributed by atoms with Crippen molar-refractivity contribution in [1.29, 1.82) is 0 Å². The Labute approximate surface area is 191 Å². The number of fused-ring (bicyclic) bond motifs is 1.